The fourth-order valence-corrected chi connectivity index (χ4v) is 2.20. The zero-order chi connectivity index (χ0) is 13.7. The van der Waals surface area contributed by atoms with Crippen molar-refractivity contribution in [1.29, 1.82) is 0 Å². The van der Waals surface area contributed by atoms with Crippen molar-refractivity contribution in [3.63, 3.8) is 0 Å². The topological polar surface area (TPSA) is 49.3 Å². The van der Waals surface area contributed by atoms with Gasteiger partial charge in [0.2, 0.25) is 5.91 Å². The third kappa shape index (κ3) is 3.99. The molecule has 3 nitrogen and oxygen atoms in total. The van der Waals surface area contributed by atoms with Crippen molar-refractivity contribution in [2.75, 3.05) is 11.9 Å². The monoisotopic (exact) mass is 277 g/mol. The third-order valence-electron chi connectivity index (χ3n) is 3.26. The number of carbonyl (C=O) groups is 1. The molecule has 1 aliphatic rings. The Labute approximate surface area is 118 Å². The van der Waals surface area contributed by atoms with Gasteiger partial charge in [0.25, 0.3) is 0 Å². The summed E-state index contributed by atoms with van der Waals surface area (Å²) in [5.74, 6) is 5.89. The maximum absolute atomic E-state index is 11.9. The quantitative estimate of drug-likeness (QED) is 0.835. The van der Waals surface area contributed by atoms with Gasteiger partial charge in [-0.1, -0.05) is 29.9 Å². The molecule has 2 rings (SSSR count). The first-order valence-electron chi connectivity index (χ1n) is 6.38. The molecule has 0 aromatic heterocycles. The number of aliphatic hydroxyl groups excluding tert-OH is 1. The van der Waals surface area contributed by atoms with Crippen molar-refractivity contribution in [1.82, 2.24) is 0 Å². The Hall–Kier alpha value is -1.50. The number of aliphatic hydroxyl groups is 1. The number of carbonyl (C=O) groups excluding carboxylic acids is 1. The van der Waals surface area contributed by atoms with E-state index < -0.39 is 0 Å². The third-order valence-corrected chi connectivity index (χ3v) is 3.49. The van der Waals surface area contributed by atoms with Crippen LogP contribution < -0.4 is 5.32 Å². The van der Waals surface area contributed by atoms with Crippen LogP contribution in [0.5, 0.6) is 0 Å². The number of nitrogens with one attached hydrogen (secondary N) is 1. The van der Waals surface area contributed by atoms with Crippen molar-refractivity contribution in [3.05, 3.63) is 28.8 Å². The van der Waals surface area contributed by atoms with E-state index in [0.717, 1.165) is 12.8 Å². The zero-order valence-corrected chi connectivity index (χ0v) is 11.3. The maximum atomic E-state index is 11.9. The van der Waals surface area contributed by atoms with Gasteiger partial charge in [0.1, 0.15) is 6.61 Å². The standard InChI is InChI=1S/C15H16ClNO2/c16-13-7-6-12(5-2-8-18)14(10-13)17-15(19)9-11-3-1-4-11/h6-7,10-11,18H,1,3-4,8-9H2,(H,17,19). The highest BCUT2D eigenvalue weighted by Crippen LogP contribution is 2.30. The van der Waals surface area contributed by atoms with E-state index in [1.165, 1.54) is 6.42 Å². The van der Waals surface area contributed by atoms with E-state index >= 15 is 0 Å². The molecule has 0 radical (unpaired) electrons. The van der Waals surface area contributed by atoms with E-state index in [0.29, 0.717) is 28.6 Å². The van der Waals surface area contributed by atoms with Gasteiger partial charge in [-0.05, 0) is 37.0 Å². The van der Waals surface area contributed by atoms with Gasteiger partial charge in [-0.2, -0.15) is 0 Å². The highest BCUT2D eigenvalue weighted by molar-refractivity contribution is 6.31. The van der Waals surface area contributed by atoms with E-state index in [1.54, 1.807) is 18.2 Å². The van der Waals surface area contributed by atoms with Gasteiger partial charge in [-0.25, -0.2) is 0 Å². The van der Waals surface area contributed by atoms with Crippen molar-refractivity contribution in [2.24, 2.45) is 5.92 Å². The number of amides is 1. The second-order valence-electron chi connectivity index (χ2n) is 4.70. The Morgan fingerprint density at radius 1 is 1.47 bits per heavy atom. The molecule has 1 amide bonds. The highest BCUT2D eigenvalue weighted by Gasteiger charge is 2.20. The predicted octanol–water partition coefficient (Wildman–Crippen LogP) is 2.81. The van der Waals surface area contributed by atoms with Crippen molar-refractivity contribution in [3.8, 4) is 11.8 Å². The lowest BCUT2D eigenvalue weighted by atomic mass is 9.83. The molecule has 100 valence electrons. The van der Waals surface area contributed by atoms with Crippen LogP contribution in [-0.4, -0.2) is 17.6 Å². The molecule has 1 aliphatic carbocycles. The number of halogens is 1. The zero-order valence-electron chi connectivity index (χ0n) is 10.6. The first-order chi connectivity index (χ1) is 9.19. The summed E-state index contributed by atoms with van der Waals surface area (Å²) in [6, 6.07) is 5.14. The van der Waals surface area contributed by atoms with Crippen LogP contribution in [0.3, 0.4) is 0 Å². The molecule has 0 bridgehead atoms. The summed E-state index contributed by atoms with van der Waals surface area (Å²) >= 11 is 5.93. The smallest absolute Gasteiger partial charge is 0.224 e. The van der Waals surface area contributed by atoms with Crippen molar-refractivity contribution in [2.45, 2.75) is 25.7 Å². The van der Waals surface area contributed by atoms with Crippen LogP contribution in [0.2, 0.25) is 5.02 Å². The normalized spacial score (nSPS) is 14.2. The summed E-state index contributed by atoms with van der Waals surface area (Å²) in [6.07, 6.45) is 4.06. The van der Waals surface area contributed by atoms with Crippen LogP contribution in [0.1, 0.15) is 31.2 Å². The number of hydrogen-bond donors (Lipinski definition) is 2. The van der Waals surface area contributed by atoms with Crippen molar-refractivity contribution >= 4 is 23.2 Å². The molecule has 2 N–H and O–H groups in total. The molecule has 19 heavy (non-hydrogen) atoms. The summed E-state index contributed by atoms with van der Waals surface area (Å²) in [5, 5.41) is 12.1. The minimum Gasteiger partial charge on any atom is -0.384 e. The Bertz CT molecular complexity index is 527. The summed E-state index contributed by atoms with van der Waals surface area (Å²) in [5.41, 5.74) is 1.28. The molecule has 1 aromatic rings. The lowest BCUT2D eigenvalue weighted by Gasteiger charge is -2.24. The summed E-state index contributed by atoms with van der Waals surface area (Å²) in [7, 11) is 0. The average molecular weight is 278 g/mol. The Balaban J connectivity index is 2.08. The SMILES string of the molecule is O=C(CC1CCC1)Nc1cc(Cl)ccc1C#CCO. The number of rotatable bonds is 3. The summed E-state index contributed by atoms with van der Waals surface area (Å²) in [6.45, 7) is -0.210. The molecule has 0 saturated heterocycles. The molecule has 4 heteroatoms. The summed E-state index contributed by atoms with van der Waals surface area (Å²) < 4.78 is 0. The second-order valence-corrected chi connectivity index (χ2v) is 5.14. The Morgan fingerprint density at radius 3 is 2.89 bits per heavy atom. The minimum atomic E-state index is -0.210. The van der Waals surface area contributed by atoms with Crippen LogP contribution in [-0.2, 0) is 4.79 Å². The molecule has 0 heterocycles. The second kappa shape index (κ2) is 6.60. The molecule has 0 atom stereocenters. The van der Waals surface area contributed by atoms with Crippen LogP contribution >= 0.6 is 11.6 Å². The van der Waals surface area contributed by atoms with Gasteiger partial charge in [0.15, 0.2) is 0 Å². The average Bonchev–Trinajstić information content (AvgIpc) is 2.33. The van der Waals surface area contributed by atoms with E-state index in [2.05, 4.69) is 17.2 Å². The van der Waals surface area contributed by atoms with Gasteiger partial charge in [0.05, 0.1) is 5.69 Å². The van der Waals surface area contributed by atoms with E-state index in [4.69, 9.17) is 16.7 Å². The molecule has 0 aliphatic heterocycles. The molecule has 1 aromatic carbocycles. The van der Waals surface area contributed by atoms with Crippen LogP contribution in [0.25, 0.3) is 0 Å². The van der Waals surface area contributed by atoms with Crippen LogP contribution in [0.15, 0.2) is 18.2 Å². The predicted molar refractivity (Wildman–Crippen MR) is 76.0 cm³/mol. The fraction of sp³-hybridized carbons (Fsp3) is 0.400. The van der Waals surface area contributed by atoms with Gasteiger partial charge in [0, 0.05) is 17.0 Å². The van der Waals surface area contributed by atoms with E-state index in [9.17, 15) is 4.79 Å². The molecule has 1 saturated carbocycles. The Morgan fingerprint density at radius 2 is 2.26 bits per heavy atom. The molecule has 1 fully saturated rings. The molecule has 0 spiro atoms. The van der Waals surface area contributed by atoms with Gasteiger partial charge < -0.3 is 10.4 Å². The van der Waals surface area contributed by atoms with E-state index in [-0.39, 0.29) is 12.5 Å². The highest BCUT2D eigenvalue weighted by atomic mass is 35.5. The number of anilines is 1. The van der Waals surface area contributed by atoms with Crippen molar-refractivity contribution < 1.29 is 9.90 Å². The number of benzene rings is 1. The molecule has 0 unspecified atom stereocenters. The molecular weight excluding hydrogens is 262 g/mol. The Kier molecular flexibility index (Phi) is 4.84. The lowest BCUT2D eigenvalue weighted by molar-refractivity contribution is -0.117. The fourth-order valence-electron chi connectivity index (χ4n) is 2.02. The lowest BCUT2D eigenvalue weighted by Crippen LogP contribution is -2.21. The van der Waals surface area contributed by atoms with Crippen LogP contribution in [0.4, 0.5) is 5.69 Å². The maximum Gasteiger partial charge on any atom is 0.224 e. The minimum absolute atomic E-state index is 0.000912. The largest absolute Gasteiger partial charge is 0.384 e. The van der Waals surface area contributed by atoms with Gasteiger partial charge in [-0.3, -0.25) is 4.79 Å². The number of hydrogen-bond acceptors (Lipinski definition) is 2. The first-order valence-corrected chi connectivity index (χ1v) is 6.76. The van der Waals surface area contributed by atoms with Gasteiger partial charge >= 0.3 is 0 Å². The van der Waals surface area contributed by atoms with Gasteiger partial charge in [-0.15, -0.1) is 0 Å². The first kappa shape index (κ1) is 13.9. The summed E-state index contributed by atoms with van der Waals surface area (Å²) in [4.78, 5) is 11.9. The van der Waals surface area contributed by atoms with E-state index in [1.807, 2.05) is 0 Å². The van der Waals surface area contributed by atoms with Crippen LogP contribution in [0, 0.1) is 17.8 Å². The molecular formula is C15H16ClNO2.